The van der Waals surface area contributed by atoms with Gasteiger partial charge in [0, 0.05) is 11.4 Å². The van der Waals surface area contributed by atoms with Crippen LogP contribution < -0.4 is 16.8 Å². The van der Waals surface area contributed by atoms with Crippen molar-refractivity contribution < 1.29 is 18.0 Å². The lowest BCUT2D eigenvalue weighted by molar-refractivity contribution is 0.100. The van der Waals surface area contributed by atoms with E-state index in [0.717, 1.165) is 12.1 Å². The molecule has 5 N–H and O–H groups in total. The minimum absolute atomic E-state index is 0.0398. The Labute approximate surface area is 112 Å². The summed E-state index contributed by atoms with van der Waals surface area (Å²) in [5.41, 5.74) is 10.9. The van der Waals surface area contributed by atoms with E-state index in [4.69, 9.17) is 11.5 Å². The van der Waals surface area contributed by atoms with Crippen molar-refractivity contribution in [2.45, 2.75) is 0 Å². The van der Waals surface area contributed by atoms with Gasteiger partial charge < -0.3 is 16.8 Å². The summed E-state index contributed by atoms with van der Waals surface area (Å²) in [6, 6.07) is 5.95. The molecule has 0 bridgehead atoms. The van der Waals surface area contributed by atoms with Crippen LogP contribution in [0.5, 0.6) is 0 Å². The van der Waals surface area contributed by atoms with Crippen molar-refractivity contribution in [1.29, 1.82) is 0 Å². The van der Waals surface area contributed by atoms with Gasteiger partial charge in [-0.3, -0.25) is 4.79 Å². The van der Waals surface area contributed by atoms with Gasteiger partial charge in [-0.15, -0.1) is 0 Å². The van der Waals surface area contributed by atoms with Crippen LogP contribution in [0.1, 0.15) is 10.4 Å². The highest BCUT2D eigenvalue weighted by Crippen LogP contribution is 2.25. The summed E-state index contributed by atoms with van der Waals surface area (Å²) in [5, 5.41) is 2.52. The van der Waals surface area contributed by atoms with Crippen LogP contribution in [0.4, 0.5) is 30.2 Å². The first-order valence-corrected chi connectivity index (χ1v) is 5.50. The molecular weight excluding hydrogens is 271 g/mol. The number of nitrogens with two attached hydrogens (primary N) is 2. The van der Waals surface area contributed by atoms with Crippen molar-refractivity contribution in [2.75, 3.05) is 11.1 Å². The molecule has 4 nitrogen and oxygen atoms in total. The van der Waals surface area contributed by atoms with Gasteiger partial charge in [0.05, 0.1) is 11.3 Å². The molecule has 2 aromatic carbocycles. The summed E-state index contributed by atoms with van der Waals surface area (Å²) < 4.78 is 39.4. The molecule has 104 valence electrons. The molecule has 0 aliphatic rings. The second-order valence-electron chi connectivity index (χ2n) is 4.01. The van der Waals surface area contributed by atoms with E-state index in [2.05, 4.69) is 5.32 Å². The minimum atomic E-state index is -1.58. The van der Waals surface area contributed by atoms with Crippen molar-refractivity contribution in [1.82, 2.24) is 0 Å². The Morgan fingerprint density at radius 1 is 1.05 bits per heavy atom. The van der Waals surface area contributed by atoms with Gasteiger partial charge in [-0.1, -0.05) is 0 Å². The van der Waals surface area contributed by atoms with Crippen LogP contribution in [-0.4, -0.2) is 5.91 Å². The van der Waals surface area contributed by atoms with Crippen LogP contribution in [0.2, 0.25) is 0 Å². The van der Waals surface area contributed by atoms with Gasteiger partial charge in [0.2, 0.25) is 0 Å². The quantitative estimate of drug-likeness (QED) is 0.597. The highest BCUT2D eigenvalue weighted by atomic mass is 19.2. The smallest absolute Gasteiger partial charge is 0.250 e. The minimum Gasteiger partial charge on any atom is -0.398 e. The first-order valence-electron chi connectivity index (χ1n) is 5.50. The van der Waals surface area contributed by atoms with Crippen molar-refractivity contribution in [3.8, 4) is 0 Å². The fraction of sp³-hybridized carbons (Fsp3) is 0. The number of benzene rings is 2. The zero-order chi connectivity index (χ0) is 14.9. The number of nitrogen functional groups attached to an aromatic ring is 1. The maximum absolute atomic E-state index is 13.5. The number of hydrogen-bond donors (Lipinski definition) is 3. The summed E-state index contributed by atoms with van der Waals surface area (Å²) in [7, 11) is 0. The van der Waals surface area contributed by atoms with Gasteiger partial charge in [0.15, 0.2) is 17.5 Å². The summed E-state index contributed by atoms with van der Waals surface area (Å²) in [6.07, 6.45) is 0. The van der Waals surface area contributed by atoms with Gasteiger partial charge in [-0.05, 0) is 30.3 Å². The van der Waals surface area contributed by atoms with E-state index in [-0.39, 0.29) is 22.6 Å². The van der Waals surface area contributed by atoms with E-state index in [9.17, 15) is 18.0 Å². The summed E-state index contributed by atoms with van der Waals surface area (Å²) in [4.78, 5) is 11.1. The Kier molecular flexibility index (Phi) is 3.51. The van der Waals surface area contributed by atoms with E-state index in [1.165, 1.54) is 18.2 Å². The predicted molar refractivity (Wildman–Crippen MR) is 69.0 cm³/mol. The molecule has 0 unspecified atom stereocenters. The van der Waals surface area contributed by atoms with Gasteiger partial charge in [-0.2, -0.15) is 0 Å². The van der Waals surface area contributed by atoms with Crippen molar-refractivity contribution in [2.24, 2.45) is 5.73 Å². The summed E-state index contributed by atoms with van der Waals surface area (Å²) in [6.45, 7) is 0. The van der Waals surface area contributed by atoms with Gasteiger partial charge in [0.25, 0.3) is 5.91 Å². The number of nitrogens with one attached hydrogen (secondary N) is 1. The van der Waals surface area contributed by atoms with E-state index < -0.39 is 23.4 Å². The molecule has 2 aromatic rings. The number of hydrogen-bond acceptors (Lipinski definition) is 3. The first-order chi connectivity index (χ1) is 9.40. The molecule has 0 aromatic heterocycles. The molecule has 0 heterocycles. The van der Waals surface area contributed by atoms with Crippen molar-refractivity contribution in [3.63, 3.8) is 0 Å². The standard InChI is InChI=1S/C13H10F3N3O/c14-8-2-4-10(12(16)11(8)15)19-6-1-3-9(17)7(5-6)13(18)20/h1-5,19H,17H2,(H2,18,20). The molecule has 1 amide bonds. The number of amides is 1. The second-order valence-corrected chi connectivity index (χ2v) is 4.01. The topological polar surface area (TPSA) is 81.1 Å². The van der Waals surface area contributed by atoms with E-state index in [0.29, 0.717) is 0 Å². The average molecular weight is 281 g/mol. The van der Waals surface area contributed by atoms with Crippen LogP contribution in [0.15, 0.2) is 30.3 Å². The molecule has 0 spiro atoms. The predicted octanol–water partition coefficient (Wildman–Crippen LogP) is 2.53. The van der Waals surface area contributed by atoms with Crippen LogP contribution in [0.25, 0.3) is 0 Å². The summed E-state index contributed by atoms with van der Waals surface area (Å²) >= 11 is 0. The average Bonchev–Trinajstić information content (AvgIpc) is 2.41. The van der Waals surface area contributed by atoms with Crippen molar-refractivity contribution >= 4 is 23.0 Å². The Morgan fingerprint density at radius 2 is 1.75 bits per heavy atom. The van der Waals surface area contributed by atoms with E-state index in [1.807, 2.05) is 0 Å². The molecule has 2 rings (SSSR count). The molecular formula is C13H10F3N3O. The molecule has 0 aliphatic carbocycles. The molecule has 20 heavy (non-hydrogen) atoms. The Hall–Kier alpha value is -2.70. The molecule has 0 fully saturated rings. The molecule has 0 radical (unpaired) electrons. The van der Waals surface area contributed by atoms with Crippen LogP contribution in [-0.2, 0) is 0 Å². The van der Waals surface area contributed by atoms with Gasteiger partial charge >= 0.3 is 0 Å². The number of carbonyl (C=O) groups excluding carboxylic acids is 1. The zero-order valence-electron chi connectivity index (χ0n) is 10.1. The fourth-order valence-corrected chi connectivity index (χ4v) is 1.63. The molecule has 7 heteroatoms. The maximum Gasteiger partial charge on any atom is 0.250 e. The number of halogens is 3. The zero-order valence-corrected chi connectivity index (χ0v) is 10.1. The first kappa shape index (κ1) is 13.7. The lowest BCUT2D eigenvalue weighted by Gasteiger charge is -2.10. The number of carbonyl (C=O) groups is 1. The third-order valence-electron chi connectivity index (χ3n) is 2.63. The monoisotopic (exact) mass is 281 g/mol. The summed E-state index contributed by atoms with van der Waals surface area (Å²) in [5.74, 6) is -4.98. The Bertz CT molecular complexity index is 689. The highest BCUT2D eigenvalue weighted by molar-refractivity contribution is 5.99. The second kappa shape index (κ2) is 5.12. The number of primary amides is 1. The van der Waals surface area contributed by atoms with Gasteiger partial charge in [-0.25, -0.2) is 13.2 Å². The normalized spacial score (nSPS) is 10.3. The lowest BCUT2D eigenvalue weighted by Crippen LogP contribution is -2.13. The van der Waals surface area contributed by atoms with E-state index >= 15 is 0 Å². The van der Waals surface area contributed by atoms with Crippen LogP contribution in [0, 0.1) is 17.5 Å². The number of anilines is 3. The van der Waals surface area contributed by atoms with Gasteiger partial charge in [0.1, 0.15) is 0 Å². The number of rotatable bonds is 3. The molecule has 0 saturated heterocycles. The fourth-order valence-electron chi connectivity index (χ4n) is 1.63. The Balaban J connectivity index is 2.38. The Morgan fingerprint density at radius 3 is 2.40 bits per heavy atom. The van der Waals surface area contributed by atoms with E-state index in [1.54, 1.807) is 0 Å². The maximum atomic E-state index is 13.5. The largest absolute Gasteiger partial charge is 0.398 e. The molecule has 0 atom stereocenters. The van der Waals surface area contributed by atoms with Crippen LogP contribution >= 0.6 is 0 Å². The molecule has 0 saturated carbocycles. The van der Waals surface area contributed by atoms with Crippen LogP contribution in [0.3, 0.4) is 0 Å². The third-order valence-corrected chi connectivity index (χ3v) is 2.63. The lowest BCUT2D eigenvalue weighted by atomic mass is 10.1. The van der Waals surface area contributed by atoms with Crippen molar-refractivity contribution in [3.05, 3.63) is 53.3 Å². The molecule has 0 aliphatic heterocycles. The highest BCUT2D eigenvalue weighted by Gasteiger charge is 2.14. The SMILES string of the molecule is NC(=O)c1cc(Nc2ccc(F)c(F)c2F)ccc1N. The third kappa shape index (κ3) is 2.51.